The number of aliphatic hydroxyl groups is 1. The molecule has 6 nitrogen and oxygen atoms in total. The van der Waals surface area contributed by atoms with E-state index < -0.39 is 17.5 Å². The molecule has 2 aromatic heterocycles. The monoisotopic (exact) mass is 385 g/mol. The predicted octanol–water partition coefficient (Wildman–Crippen LogP) is 2.87. The topological polar surface area (TPSA) is 83.7 Å². The lowest BCUT2D eigenvalue weighted by atomic mass is 10.0. The first-order chi connectivity index (χ1) is 12.9. The summed E-state index contributed by atoms with van der Waals surface area (Å²) in [6.07, 6.45) is 1.94. The fourth-order valence-corrected chi connectivity index (χ4v) is 3.84. The number of aryl methyl sites for hydroxylation is 1. The van der Waals surface area contributed by atoms with Crippen LogP contribution >= 0.6 is 11.3 Å². The number of hydrogen-bond donors (Lipinski definition) is 2. The van der Waals surface area contributed by atoms with Crippen LogP contribution < -0.4 is 10.9 Å². The van der Waals surface area contributed by atoms with Crippen LogP contribution in [0, 0.1) is 12.8 Å². The number of nitrogens with one attached hydrogen (secondary N) is 1. The second kappa shape index (κ2) is 8.02. The lowest BCUT2D eigenvalue weighted by Gasteiger charge is -2.18. The molecule has 0 bridgehead atoms. The molecule has 1 aromatic carbocycles. The first-order valence-electron chi connectivity index (χ1n) is 8.88. The van der Waals surface area contributed by atoms with Crippen molar-refractivity contribution in [2.75, 3.05) is 6.61 Å². The average molecular weight is 385 g/mol. The van der Waals surface area contributed by atoms with E-state index in [2.05, 4.69) is 10.3 Å². The highest BCUT2D eigenvalue weighted by Crippen LogP contribution is 2.24. The van der Waals surface area contributed by atoms with E-state index in [-0.39, 0.29) is 12.2 Å². The number of fused-ring (bicyclic) bond motifs is 1. The highest BCUT2D eigenvalue weighted by molar-refractivity contribution is 7.15. The van der Waals surface area contributed by atoms with Crippen molar-refractivity contribution in [2.45, 2.75) is 33.2 Å². The van der Waals surface area contributed by atoms with Crippen LogP contribution in [0.2, 0.25) is 0 Å². The van der Waals surface area contributed by atoms with Gasteiger partial charge in [0.05, 0.1) is 18.3 Å². The summed E-state index contributed by atoms with van der Waals surface area (Å²) in [7, 11) is 0. The Hall–Kier alpha value is -2.51. The molecule has 3 aromatic rings. The molecule has 2 N–H and O–H groups in total. The van der Waals surface area contributed by atoms with E-state index in [9.17, 15) is 14.7 Å². The van der Waals surface area contributed by atoms with Gasteiger partial charge >= 0.3 is 0 Å². The van der Waals surface area contributed by atoms with Crippen molar-refractivity contribution >= 4 is 22.2 Å². The van der Waals surface area contributed by atoms with Crippen LogP contribution in [0.3, 0.4) is 0 Å². The Morgan fingerprint density at radius 1 is 1.30 bits per heavy atom. The van der Waals surface area contributed by atoms with E-state index in [1.807, 2.05) is 50.4 Å². The molecule has 27 heavy (non-hydrogen) atoms. The summed E-state index contributed by atoms with van der Waals surface area (Å²) in [4.78, 5) is 30.4. The van der Waals surface area contributed by atoms with Gasteiger partial charge < -0.3 is 10.4 Å². The largest absolute Gasteiger partial charge is 0.394 e. The third-order valence-electron chi connectivity index (χ3n) is 4.35. The minimum atomic E-state index is -0.511. The van der Waals surface area contributed by atoms with Crippen molar-refractivity contribution in [1.82, 2.24) is 14.7 Å². The molecule has 0 radical (unpaired) electrons. The maximum absolute atomic E-state index is 13.0. The second-order valence-electron chi connectivity index (χ2n) is 7.06. The maximum Gasteiger partial charge on any atom is 0.271 e. The fraction of sp³-hybridized carbons (Fsp3) is 0.350. The zero-order chi connectivity index (χ0) is 19.6. The number of carbonyl (C=O) groups excluding carboxylic acids is 1. The molecule has 142 valence electrons. The van der Waals surface area contributed by atoms with E-state index in [1.165, 1.54) is 21.9 Å². The maximum atomic E-state index is 13.0. The number of hydrogen-bond acceptors (Lipinski definition) is 5. The molecular formula is C20H23N3O3S. The Morgan fingerprint density at radius 2 is 2.00 bits per heavy atom. The standard InChI is InChI=1S/C20H23N3O3S/c1-12(2)8-15(10-24)22-18(25)16-9-21-20-23(19(16)26)17(11-27-20)14-6-4-13(3)5-7-14/h4-7,9,11-12,15,24H,8,10H2,1-3H3,(H,22,25). The zero-order valence-corrected chi connectivity index (χ0v) is 16.4. The molecule has 1 unspecified atom stereocenters. The summed E-state index contributed by atoms with van der Waals surface area (Å²) in [5, 5.41) is 14.1. The summed E-state index contributed by atoms with van der Waals surface area (Å²) in [5.41, 5.74) is 2.30. The fourth-order valence-electron chi connectivity index (χ4n) is 2.99. The molecule has 0 saturated carbocycles. The van der Waals surface area contributed by atoms with E-state index in [0.29, 0.717) is 23.0 Å². The lowest BCUT2D eigenvalue weighted by molar-refractivity contribution is 0.0906. The van der Waals surface area contributed by atoms with Gasteiger partial charge in [0.1, 0.15) is 5.56 Å². The van der Waals surface area contributed by atoms with Gasteiger partial charge in [-0.05, 0) is 24.8 Å². The smallest absolute Gasteiger partial charge is 0.271 e. The van der Waals surface area contributed by atoms with Crippen LogP contribution in [-0.4, -0.2) is 33.0 Å². The summed E-state index contributed by atoms with van der Waals surface area (Å²) >= 11 is 1.35. The Labute approximate surface area is 161 Å². The molecule has 0 aliphatic carbocycles. The van der Waals surface area contributed by atoms with E-state index >= 15 is 0 Å². The minimum Gasteiger partial charge on any atom is -0.394 e. The normalized spacial score (nSPS) is 12.5. The van der Waals surface area contributed by atoms with Crippen LogP contribution in [0.1, 0.15) is 36.2 Å². The average Bonchev–Trinajstić information content (AvgIpc) is 3.06. The van der Waals surface area contributed by atoms with E-state index in [1.54, 1.807) is 0 Å². The number of thiazole rings is 1. The van der Waals surface area contributed by atoms with Gasteiger partial charge in [-0.15, -0.1) is 11.3 Å². The van der Waals surface area contributed by atoms with Crippen molar-refractivity contribution in [3.05, 3.63) is 57.3 Å². The minimum absolute atomic E-state index is 0.0264. The van der Waals surface area contributed by atoms with E-state index in [4.69, 9.17) is 0 Å². The van der Waals surface area contributed by atoms with Crippen molar-refractivity contribution in [2.24, 2.45) is 5.92 Å². The highest BCUT2D eigenvalue weighted by atomic mass is 32.1. The van der Waals surface area contributed by atoms with Gasteiger partial charge in [0, 0.05) is 11.6 Å². The molecule has 0 saturated heterocycles. The lowest BCUT2D eigenvalue weighted by Crippen LogP contribution is -2.41. The molecule has 0 aliphatic heterocycles. The summed E-state index contributed by atoms with van der Waals surface area (Å²) in [6, 6.07) is 7.45. The molecule has 7 heteroatoms. The van der Waals surface area contributed by atoms with Crippen molar-refractivity contribution < 1.29 is 9.90 Å². The Morgan fingerprint density at radius 3 is 2.63 bits per heavy atom. The van der Waals surface area contributed by atoms with Crippen molar-refractivity contribution in [3.8, 4) is 11.3 Å². The summed E-state index contributed by atoms with van der Waals surface area (Å²) in [6.45, 7) is 5.85. The quantitative estimate of drug-likeness (QED) is 0.683. The van der Waals surface area contributed by atoms with Gasteiger partial charge in [-0.2, -0.15) is 0 Å². The van der Waals surface area contributed by atoms with Gasteiger partial charge in [-0.25, -0.2) is 4.98 Å². The number of rotatable bonds is 6. The van der Waals surface area contributed by atoms with Crippen LogP contribution in [-0.2, 0) is 0 Å². The molecule has 3 rings (SSSR count). The number of nitrogens with zero attached hydrogens (tertiary/aromatic N) is 2. The molecule has 2 heterocycles. The van der Waals surface area contributed by atoms with Gasteiger partial charge in [0.2, 0.25) is 0 Å². The first kappa shape index (κ1) is 19.3. The number of carbonyl (C=O) groups is 1. The number of aromatic nitrogens is 2. The highest BCUT2D eigenvalue weighted by Gasteiger charge is 2.20. The second-order valence-corrected chi connectivity index (χ2v) is 7.90. The SMILES string of the molecule is Cc1ccc(-c2csc3ncc(C(=O)NC(CO)CC(C)C)c(=O)n23)cc1. The van der Waals surface area contributed by atoms with Gasteiger partial charge in [0.25, 0.3) is 11.5 Å². The summed E-state index contributed by atoms with van der Waals surface area (Å²) < 4.78 is 1.47. The first-order valence-corrected chi connectivity index (χ1v) is 9.76. The third-order valence-corrected chi connectivity index (χ3v) is 5.19. The Bertz CT molecular complexity index is 1010. The number of benzene rings is 1. The van der Waals surface area contributed by atoms with Gasteiger partial charge in [-0.3, -0.25) is 14.0 Å². The van der Waals surface area contributed by atoms with Gasteiger partial charge in [0.15, 0.2) is 4.96 Å². The zero-order valence-electron chi connectivity index (χ0n) is 15.6. The molecule has 0 aliphatic rings. The van der Waals surface area contributed by atoms with Crippen LogP contribution in [0.15, 0.2) is 40.6 Å². The van der Waals surface area contributed by atoms with Crippen LogP contribution in [0.25, 0.3) is 16.2 Å². The third kappa shape index (κ3) is 4.09. The van der Waals surface area contributed by atoms with Crippen molar-refractivity contribution in [1.29, 1.82) is 0 Å². The molecule has 1 amide bonds. The Kier molecular flexibility index (Phi) is 5.72. The summed E-state index contributed by atoms with van der Waals surface area (Å²) in [5.74, 6) is -0.197. The molecular weight excluding hydrogens is 362 g/mol. The Balaban J connectivity index is 1.99. The predicted molar refractivity (Wildman–Crippen MR) is 107 cm³/mol. The molecule has 0 fully saturated rings. The van der Waals surface area contributed by atoms with Gasteiger partial charge in [-0.1, -0.05) is 43.7 Å². The molecule has 1 atom stereocenters. The van der Waals surface area contributed by atoms with Crippen LogP contribution in [0.4, 0.5) is 0 Å². The molecule has 0 spiro atoms. The van der Waals surface area contributed by atoms with Crippen molar-refractivity contribution in [3.63, 3.8) is 0 Å². The van der Waals surface area contributed by atoms with Crippen LogP contribution in [0.5, 0.6) is 0 Å². The number of amides is 1. The van der Waals surface area contributed by atoms with E-state index in [0.717, 1.165) is 11.1 Å². The number of aliphatic hydroxyl groups excluding tert-OH is 1.